The molecule has 2 aliphatic heterocycles. The first-order chi connectivity index (χ1) is 11.8. The van der Waals surface area contributed by atoms with E-state index in [1.54, 1.807) is 6.07 Å². The Morgan fingerprint density at radius 3 is 2.83 bits per heavy atom. The summed E-state index contributed by atoms with van der Waals surface area (Å²) in [6.07, 6.45) is 2.22. The van der Waals surface area contributed by atoms with Crippen LogP contribution in [0.4, 0.5) is 5.69 Å². The van der Waals surface area contributed by atoms with Crippen molar-refractivity contribution in [1.82, 2.24) is 4.90 Å². The lowest BCUT2D eigenvalue weighted by Gasteiger charge is -2.24. The van der Waals surface area contributed by atoms with Gasteiger partial charge in [0, 0.05) is 17.8 Å². The van der Waals surface area contributed by atoms with Crippen molar-refractivity contribution in [3.8, 4) is 11.5 Å². The molecule has 1 atom stereocenters. The second kappa shape index (κ2) is 6.53. The van der Waals surface area contributed by atoms with Gasteiger partial charge in [0.05, 0.1) is 6.54 Å². The van der Waals surface area contributed by atoms with Crippen LogP contribution in [0.25, 0.3) is 0 Å². The zero-order valence-corrected chi connectivity index (χ0v) is 13.4. The number of anilines is 1. The molecule has 124 valence electrons. The van der Waals surface area contributed by atoms with Gasteiger partial charge in [0.1, 0.15) is 0 Å². The van der Waals surface area contributed by atoms with Crippen LogP contribution in [0.1, 0.15) is 24.4 Å². The van der Waals surface area contributed by atoms with Gasteiger partial charge in [-0.25, -0.2) is 0 Å². The maximum atomic E-state index is 12.4. The molecule has 4 rings (SSSR count). The van der Waals surface area contributed by atoms with Crippen LogP contribution in [0.2, 0.25) is 0 Å². The lowest BCUT2D eigenvalue weighted by Crippen LogP contribution is -2.32. The highest BCUT2D eigenvalue weighted by Crippen LogP contribution is 2.34. The molecule has 0 aromatic heterocycles. The lowest BCUT2D eigenvalue weighted by atomic mass is 10.0. The number of carbonyl (C=O) groups excluding carboxylic acids is 1. The van der Waals surface area contributed by atoms with E-state index in [2.05, 4.69) is 34.5 Å². The molecule has 0 saturated carbocycles. The second-order valence-electron chi connectivity index (χ2n) is 6.16. The molecule has 24 heavy (non-hydrogen) atoms. The number of hydrogen-bond acceptors (Lipinski definition) is 4. The summed E-state index contributed by atoms with van der Waals surface area (Å²) in [5.41, 5.74) is 2.02. The van der Waals surface area contributed by atoms with Gasteiger partial charge < -0.3 is 14.8 Å². The molecule has 1 saturated heterocycles. The van der Waals surface area contributed by atoms with Crippen molar-refractivity contribution in [3.63, 3.8) is 0 Å². The molecule has 2 aromatic rings. The van der Waals surface area contributed by atoms with Crippen LogP contribution in [0.5, 0.6) is 11.5 Å². The number of ether oxygens (including phenoxy) is 2. The molecule has 0 aliphatic carbocycles. The van der Waals surface area contributed by atoms with Crippen LogP contribution in [0.3, 0.4) is 0 Å². The van der Waals surface area contributed by atoms with Gasteiger partial charge in [-0.05, 0) is 37.1 Å². The molecular weight excluding hydrogens is 304 g/mol. The Hall–Kier alpha value is -2.53. The van der Waals surface area contributed by atoms with Crippen molar-refractivity contribution in [3.05, 3.63) is 54.1 Å². The minimum Gasteiger partial charge on any atom is -0.454 e. The fourth-order valence-electron chi connectivity index (χ4n) is 3.43. The number of rotatable bonds is 4. The number of nitrogens with one attached hydrogen (secondary N) is 1. The molecule has 1 amide bonds. The van der Waals surface area contributed by atoms with Gasteiger partial charge in [0.2, 0.25) is 12.7 Å². The van der Waals surface area contributed by atoms with Crippen molar-refractivity contribution in [2.24, 2.45) is 0 Å². The standard InChI is InChI=1S/C19H20N2O3/c22-19(20-15-8-9-17-18(11-15)24-13-23-17)12-21-10-4-7-16(21)14-5-2-1-3-6-14/h1-3,5-6,8-9,11,16H,4,7,10,12-13H2,(H,20,22)/t16-/m0/s1. The second-order valence-corrected chi connectivity index (χ2v) is 6.16. The van der Waals surface area contributed by atoms with E-state index in [9.17, 15) is 4.79 Å². The molecule has 0 radical (unpaired) electrons. The summed E-state index contributed by atoms with van der Waals surface area (Å²) in [5.74, 6) is 1.39. The summed E-state index contributed by atoms with van der Waals surface area (Å²) < 4.78 is 10.6. The minimum atomic E-state index is -0.00306. The quantitative estimate of drug-likeness (QED) is 0.938. The van der Waals surface area contributed by atoms with Crippen LogP contribution in [0.15, 0.2) is 48.5 Å². The minimum absolute atomic E-state index is 0.00306. The van der Waals surface area contributed by atoms with Crippen molar-refractivity contribution in [2.75, 3.05) is 25.2 Å². The monoisotopic (exact) mass is 324 g/mol. The topological polar surface area (TPSA) is 50.8 Å². The van der Waals surface area contributed by atoms with Gasteiger partial charge in [-0.1, -0.05) is 30.3 Å². The third-order valence-corrected chi connectivity index (χ3v) is 4.55. The largest absolute Gasteiger partial charge is 0.454 e. The third-order valence-electron chi connectivity index (χ3n) is 4.55. The van der Waals surface area contributed by atoms with E-state index in [1.165, 1.54) is 5.56 Å². The average Bonchev–Trinajstić information content (AvgIpc) is 3.24. The summed E-state index contributed by atoms with van der Waals surface area (Å²) in [6, 6.07) is 16.2. The van der Waals surface area contributed by atoms with Gasteiger partial charge in [-0.15, -0.1) is 0 Å². The van der Waals surface area contributed by atoms with Crippen LogP contribution in [-0.2, 0) is 4.79 Å². The summed E-state index contributed by atoms with van der Waals surface area (Å²) in [7, 11) is 0. The molecule has 2 aromatic carbocycles. The van der Waals surface area contributed by atoms with Crippen molar-refractivity contribution in [2.45, 2.75) is 18.9 Å². The molecule has 1 N–H and O–H groups in total. The Morgan fingerprint density at radius 1 is 1.12 bits per heavy atom. The van der Waals surface area contributed by atoms with Gasteiger partial charge in [-0.3, -0.25) is 9.69 Å². The van der Waals surface area contributed by atoms with Gasteiger partial charge in [0.15, 0.2) is 11.5 Å². The fourth-order valence-corrected chi connectivity index (χ4v) is 3.43. The predicted octanol–water partition coefficient (Wildman–Crippen LogP) is 3.19. The van der Waals surface area contributed by atoms with E-state index < -0.39 is 0 Å². The molecule has 2 heterocycles. The summed E-state index contributed by atoms with van der Waals surface area (Å²) in [4.78, 5) is 14.7. The lowest BCUT2D eigenvalue weighted by molar-refractivity contribution is -0.117. The Kier molecular flexibility index (Phi) is 4.09. The molecule has 5 heteroatoms. The number of benzene rings is 2. The highest BCUT2D eigenvalue weighted by atomic mass is 16.7. The molecule has 0 spiro atoms. The Labute approximate surface area is 141 Å². The fraction of sp³-hybridized carbons (Fsp3) is 0.316. The van der Waals surface area contributed by atoms with Crippen LogP contribution in [0, 0.1) is 0 Å². The normalized spacial score (nSPS) is 19.4. The van der Waals surface area contributed by atoms with Gasteiger partial charge >= 0.3 is 0 Å². The van der Waals surface area contributed by atoms with Gasteiger partial charge in [0.25, 0.3) is 0 Å². The van der Waals surface area contributed by atoms with Crippen molar-refractivity contribution >= 4 is 11.6 Å². The first kappa shape index (κ1) is 15.0. The van der Waals surface area contributed by atoms with E-state index in [0.717, 1.165) is 30.8 Å². The first-order valence-electron chi connectivity index (χ1n) is 8.28. The zero-order valence-electron chi connectivity index (χ0n) is 13.4. The van der Waals surface area contributed by atoms with E-state index in [0.29, 0.717) is 18.3 Å². The molecular formula is C19H20N2O3. The molecule has 0 bridgehead atoms. The highest BCUT2D eigenvalue weighted by Gasteiger charge is 2.27. The smallest absolute Gasteiger partial charge is 0.238 e. The Morgan fingerprint density at radius 2 is 1.96 bits per heavy atom. The van der Waals surface area contributed by atoms with Crippen LogP contribution >= 0.6 is 0 Å². The number of carbonyl (C=O) groups is 1. The van der Waals surface area contributed by atoms with E-state index in [4.69, 9.17) is 9.47 Å². The molecule has 5 nitrogen and oxygen atoms in total. The Balaban J connectivity index is 1.40. The summed E-state index contributed by atoms with van der Waals surface area (Å²) in [6.45, 7) is 1.58. The number of hydrogen-bond donors (Lipinski definition) is 1. The van der Waals surface area contributed by atoms with Crippen LogP contribution in [-0.4, -0.2) is 30.7 Å². The Bertz CT molecular complexity index is 733. The SMILES string of the molecule is O=C(CN1CCC[C@H]1c1ccccc1)Nc1ccc2c(c1)OCO2. The number of nitrogens with zero attached hydrogens (tertiary/aromatic N) is 1. The summed E-state index contributed by atoms with van der Waals surface area (Å²) >= 11 is 0. The average molecular weight is 324 g/mol. The van der Waals surface area contributed by atoms with Crippen molar-refractivity contribution in [1.29, 1.82) is 0 Å². The third kappa shape index (κ3) is 3.08. The highest BCUT2D eigenvalue weighted by molar-refractivity contribution is 5.92. The van der Waals surface area contributed by atoms with E-state index >= 15 is 0 Å². The number of likely N-dealkylation sites (tertiary alicyclic amines) is 1. The van der Waals surface area contributed by atoms with E-state index in [-0.39, 0.29) is 12.7 Å². The molecule has 0 unspecified atom stereocenters. The number of amides is 1. The first-order valence-corrected chi connectivity index (χ1v) is 8.28. The molecule has 1 fully saturated rings. The molecule has 2 aliphatic rings. The number of fused-ring (bicyclic) bond motifs is 1. The maximum absolute atomic E-state index is 12.4. The zero-order chi connectivity index (χ0) is 16.4. The summed E-state index contributed by atoms with van der Waals surface area (Å²) in [5, 5.41) is 2.95. The van der Waals surface area contributed by atoms with Crippen LogP contribution < -0.4 is 14.8 Å². The van der Waals surface area contributed by atoms with E-state index in [1.807, 2.05) is 18.2 Å². The predicted molar refractivity (Wildman–Crippen MR) is 91.2 cm³/mol. The van der Waals surface area contributed by atoms with Gasteiger partial charge in [-0.2, -0.15) is 0 Å². The van der Waals surface area contributed by atoms with Crippen molar-refractivity contribution < 1.29 is 14.3 Å². The maximum Gasteiger partial charge on any atom is 0.238 e.